The molecule has 1 aliphatic heterocycles. The second kappa shape index (κ2) is 5.49. The van der Waals surface area contributed by atoms with Crippen molar-refractivity contribution in [3.05, 3.63) is 0 Å². The number of hydrogen-bond donors (Lipinski definition) is 3. The third-order valence-corrected chi connectivity index (χ3v) is 3.29. The molecule has 1 aliphatic rings. The van der Waals surface area contributed by atoms with Gasteiger partial charge in [-0.2, -0.15) is 0 Å². The minimum absolute atomic E-state index is 0.0385. The van der Waals surface area contributed by atoms with Gasteiger partial charge in [0.25, 0.3) is 0 Å². The van der Waals surface area contributed by atoms with Crippen LogP contribution >= 0.6 is 0 Å². The first kappa shape index (κ1) is 14.0. The van der Waals surface area contributed by atoms with Crippen LogP contribution in [0.3, 0.4) is 0 Å². The topological polar surface area (TPSA) is 84.2 Å². The SMILES string of the molecule is CC(CC(N)=O)NC(=O)C1NCCCC1(C)C. The van der Waals surface area contributed by atoms with E-state index in [0.717, 1.165) is 19.4 Å². The van der Waals surface area contributed by atoms with Crippen LogP contribution in [0.5, 0.6) is 0 Å². The minimum Gasteiger partial charge on any atom is -0.370 e. The Morgan fingerprint density at radius 1 is 1.53 bits per heavy atom. The Labute approximate surface area is 103 Å². The van der Waals surface area contributed by atoms with Crippen LogP contribution in [0.4, 0.5) is 0 Å². The third kappa shape index (κ3) is 4.00. The molecule has 0 aromatic rings. The summed E-state index contributed by atoms with van der Waals surface area (Å²) in [6, 6.07) is -0.397. The van der Waals surface area contributed by atoms with Crippen molar-refractivity contribution in [2.24, 2.45) is 11.1 Å². The molecule has 2 unspecified atom stereocenters. The Hall–Kier alpha value is -1.10. The monoisotopic (exact) mass is 241 g/mol. The first-order valence-corrected chi connectivity index (χ1v) is 6.15. The van der Waals surface area contributed by atoms with E-state index in [0.29, 0.717) is 0 Å². The molecule has 0 radical (unpaired) electrons. The number of hydrogen-bond acceptors (Lipinski definition) is 3. The van der Waals surface area contributed by atoms with E-state index in [1.165, 1.54) is 0 Å². The normalized spacial score (nSPS) is 25.0. The molecule has 2 atom stereocenters. The van der Waals surface area contributed by atoms with E-state index in [-0.39, 0.29) is 29.8 Å². The maximum absolute atomic E-state index is 12.1. The molecule has 5 nitrogen and oxygen atoms in total. The van der Waals surface area contributed by atoms with Gasteiger partial charge in [0.2, 0.25) is 11.8 Å². The van der Waals surface area contributed by atoms with Gasteiger partial charge in [0.15, 0.2) is 0 Å². The lowest BCUT2D eigenvalue weighted by Gasteiger charge is -2.38. The lowest BCUT2D eigenvalue weighted by atomic mass is 9.77. The molecule has 5 heteroatoms. The van der Waals surface area contributed by atoms with Crippen molar-refractivity contribution in [3.63, 3.8) is 0 Å². The van der Waals surface area contributed by atoms with Gasteiger partial charge in [0.05, 0.1) is 6.04 Å². The fraction of sp³-hybridized carbons (Fsp3) is 0.833. The number of piperidine rings is 1. The zero-order chi connectivity index (χ0) is 13.1. The van der Waals surface area contributed by atoms with E-state index >= 15 is 0 Å². The van der Waals surface area contributed by atoms with E-state index < -0.39 is 5.91 Å². The Bertz CT molecular complexity index is 302. The number of nitrogens with one attached hydrogen (secondary N) is 2. The van der Waals surface area contributed by atoms with Crippen LogP contribution in [0, 0.1) is 5.41 Å². The smallest absolute Gasteiger partial charge is 0.237 e. The molecule has 0 aliphatic carbocycles. The molecule has 98 valence electrons. The van der Waals surface area contributed by atoms with Crippen LogP contribution < -0.4 is 16.4 Å². The number of primary amides is 1. The summed E-state index contributed by atoms with van der Waals surface area (Å²) < 4.78 is 0. The van der Waals surface area contributed by atoms with Gasteiger partial charge in [-0.15, -0.1) is 0 Å². The van der Waals surface area contributed by atoms with Gasteiger partial charge in [-0.1, -0.05) is 13.8 Å². The summed E-state index contributed by atoms with van der Waals surface area (Å²) in [6.45, 7) is 6.83. The number of amides is 2. The second-order valence-electron chi connectivity index (χ2n) is 5.56. The van der Waals surface area contributed by atoms with Crippen LogP contribution in [0.25, 0.3) is 0 Å². The third-order valence-electron chi connectivity index (χ3n) is 3.29. The number of carbonyl (C=O) groups is 2. The van der Waals surface area contributed by atoms with Gasteiger partial charge in [-0.3, -0.25) is 9.59 Å². The van der Waals surface area contributed by atoms with Crippen molar-refractivity contribution >= 4 is 11.8 Å². The Balaban J connectivity index is 2.54. The molecule has 1 heterocycles. The summed E-state index contributed by atoms with van der Waals surface area (Å²) in [5.41, 5.74) is 5.05. The van der Waals surface area contributed by atoms with Gasteiger partial charge in [-0.05, 0) is 31.7 Å². The maximum atomic E-state index is 12.1. The Morgan fingerprint density at radius 2 is 2.18 bits per heavy atom. The molecule has 0 spiro atoms. The van der Waals surface area contributed by atoms with Crippen LogP contribution in [0.1, 0.15) is 40.0 Å². The summed E-state index contributed by atoms with van der Waals surface area (Å²) >= 11 is 0. The van der Waals surface area contributed by atoms with Crippen LogP contribution in [-0.4, -0.2) is 30.4 Å². The molecule has 0 aromatic carbocycles. The molecule has 1 rings (SSSR count). The summed E-state index contributed by atoms with van der Waals surface area (Å²) in [5.74, 6) is -0.433. The molecule has 0 saturated carbocycles. The van der Waals surface area contributed by atoms with Gasteiger partial charge in [0.1, 0.15) is 0 Å². The minimum atomic E-state index is -0.395. The van der Waals surface area contributed by atoms with Gasteiger partial charge in [0, 0.05) is 12.5 Å². The first-order valence-electron chi connectivity index (χ1n) is 6.15. The van der Waals surface area contributed by atoms with Gasteiger partial charge in [-0.25, -0.2) is 0 Å². The Kier molecular flexibility index (Phi) is 4.51. The van der Waals surface area contributed by atoms with Crippen molar-refractivity contribution in [2.75, 3.05) is 6.54 Å². The summed E-state index contributed by atoms with van der Waals surface area (Å²) in [5, 5.41) is 6.07. The molecule has 2 amide bonds. The van der Waals surface area contributed by atoms with Crippen LogP contribution in [-0.2, 0) is 9.59 Å². The highest BCUT2D eigenvalue weighted by atomic mass is 16.2. The molecule has 17 heavy (non-hydrogen) atoms. The molecule has 0 bridgehead atoms. The van der Waals surface area contributed by atoms with Crippen molar-refractivity contribution in [3.8, 4) is 0 Å². The molecule has 1 fully saturated rings. The zero-order valence-electron chi connectivity index (χ0n) is 10.9. The lowest BCUT2D eigenvalue weighted by molar-refractivity contribution is -0.127. The van der Waals surface area contributed by atoms with Crippen LogP contribution in [0.2, 0.25) is 0 Å². The summed E-state index contributed by atoms with van der Waals surface area (Å²) in [6.07, 6.45) is 2.30. The van der Waals surface area contributed by atoms with Crippen molar-refractivity contribution in [1.82, 2.24) is 10.6 Å². The predicted octanol–water partition coefficient (Wildman–Crippen LogP) is 0.145. The molecule has 0 aromatic heterocycles. The lowest BCUT2D eigenvalue weighted by Crippen LogP contribution is -2.57. The van der Waals surface area contributed by atoms with E-state index in [4.69, 9.17) is 5.73 Å². The van der Waals surface area contributed by atoms with Crippen LogP contribution in [0.15, 0.2) is 0 Å². The van der Waals surface area contributed by atoms with E-state index in [2.05, 4.69) is 24.5 Å². The van der Waals surface area contributed by atoms with Crippen molar-refractivity contribution in [2.45, 2.75) is 52.1 Å². The maximum Gasteiger partial charge on any atom is 0.237 e. The number of carbonyl (C=O) groups excluding carboxylic acids is 2. The first-order chi connectivity index (χ1) is 7.83. The van der Waals surface area contributed by atoms with E-state index in [1.807, 2.05) is 0 Å². The zero-order valence-corrected chi connectivity index (χ0v) is 10.9. The Morgan fingerprint density at radius 3 is 2.71 bits per heavy atom. The average Bonchev–Trinajstić information content (AvgIpc) is 2.14. The number of nitrogens with two attached hydrogens (primary N) is 1. The fourth-order valence-electron chi connectivity index (χ4n) is 2.34. The summed E-state index contributed by atoms with van der Waals surface area (Å²) in [4.78, 5) is 22.8. The quantitative estimate of drug-likeness (QED) is 0.655. The summed E-state index contributed by atoms with van der Waals surface area (Å²) in [7, 11) is 0. The average molecular weight is 241 g/mol. The highest BCUT2D eigenvalue weighted by Crippen LogP contribution is 2.30. The van der Waals surface area contributed by atoms with E-state index in [1.54, 1.807) is 6.92 Å². The highest BCUT2D eigenvalue weighted by molar-refractivity contribution is 5.84. The molecular formula is C12H23N3O2. The number of rotatable bonds is 4. The van der Waals surface area contributed by atoms with E-state index in [9.17, 15) is 9.59 Å². The standard InChI is InChI=1S/C12H23N3O2/c1-8(7-9(13)16)15-11(17)10-12(2,3)5-4-6-14-10/h8,10,14H,4-7H2,1-3H3,(H2,13,16)(H,15,17). The van der Waals surface area contributed by atoms with Crippen molar-refractivity contribution < 1.29 is 9.59 Å². The fourth-order valence-corrected chi connectivity index (χ4v) is 2.34. The van der Waals surface area contributed by atoms with Gasteiger partial charge >= 0.3 is 0 Å². The predicted molar refractivity (Wildman–Crippen MR) is 66.2 cm³/mol. The second-order valence-corrected chi connectivity index (χ2v) is 5.56. The highest BCUT2D eigenvalue weighted by Gasteiger charge is 2.37. The van der Waals surface area contributed by atoms with Gasteiger partial charge < -0.3 is 16.4 Å². The largest absolute Gasteiger partial charge is 0.370 e. The molecular weight excluding hydrogens is 218 g/mol. The van der Waals surface area contributed by atoms with Crippen molar-refractivity contribution in [1.29, 1.82) is 0 Å². The molecule has 4 N–H and O–H groups in total. The molecule has 1 saturated heterocycles.